The normalized spacial score (nSPS) is 11.6. The van der Waals surface area contributed by atoms with Gasteiger partial charge in [-0.25, -0.2) is 4.99 Å². The number of aromatic nitrogens is 2. The summed E-state index contributed by atoms with van der Waals surface area (Å²) in [5.74, 6) is 0.805. The molecule has 0 bridgehead atoms. The van der Waals surface area contributed by atoms with Gasteiger partial charge in [0.25, 0.3) is 0 Å². The second-order valence-electron chi connectivity index (χ2n) is 3.41. The molecule has 2 N–H and O–H groups in total. The first-order valence-corrected chi connectivity index (χ1v) is 4.96. The number of pyridine rings is 1. The number of hydrogen-bond donors (Lipinski definition) is 1. The first-order valence-electron chi connectivity index (χ1n) is 4.96. The van der Waals surface area contributed by atoms with E-state index in [2.05, 4.69) is 9.98 Å². The molecule has 2 aromatic heterocycles. The van der Waals surface area contributed by atoms with E-state index < -0.39 is 0 Å². The molecule has 2 aromatic rings. The summed E-state index contributed by atoms with van der Waals surface area (Å²) < 4.78 is 1.98. The van der Waals surface area contributed by atoms with Crippen molar-refractivity contribution in [1.29, 1.82) is 0 Å². The quantitative estimate of drug-likeness (QED) is 0.759. The van der Waals surface area contributed by atoms with Gasteiger partial charge in [0.05, 0.1) is 11.2 Å². The van der Waals surface area contributed by atoms with Gasteiger partial charge in [0, 0.05) is 31.0 Å². The number of aryl methyl sites for hydroxylation is 1. The third-order valence-corrected chi connectivity index (χ3v) is 2.40. The second-order valence-corrected chi connectivity index (χ2v) is 3.41. The van der Waals surface area contributed by atoms with Gasteiger partial charge in [-0.05, 0) is 12.5 Å². The maximum atomic E-state index is 6.01. The molecule has 0 unspecified atom stereocenters. The number of hydrogen-bond acceptors (Lipinski definition) is 3. The zero-order valence-electron chi connectivity index (χ0n) is 8.94. The van der Waals surface area contributed by atoms with E-state index in [1.54, 1.807) is 12.4 Å². The lowest BCUT2D eigenvalue weighted by atomic mass is 10.3. The largest absolute Gasteiger partial charge is 0.395 e. The maximum Gasteiger partial charge on any atom is 0.156 e. The smallest absolute Gasteiger partial charge is 0.156 e. The molecule has 4 nitrogen and oxygen atoms in total. The highest BCUT2D eigenvalue weighted by molar-refractivity contribution is 5.98. The van der Waals surface area contributed by atoms with Crippen molar-refractivity contribution in [3.63, 3.8) is 0 Å². The molecule has 0 saturated heterocycles. The Balaban J connectivity index is 2.69. The van der Waals surface area contributed by atoms with Crippen molar-refractivity contribution in [2.45, 2.75) is 13.3 Å². The molecule has 2 rings (SSSR count). The van der Waals surface area contributed by atoms with E-state index in [0.29, 0.717) is 5.69 Å². The summed E-state index contributed by atoms with van der Waals surface area (Å²) in [5, 5.41) is 0.961. The average molecular weight is 202 g/mol. The Labute approximate surface area is 88.4 Å². The molecule has 0 atom stereocenters. The SMILES string of the molecule is CCC=Nc1c(N)c2cnccc2n1C. The third-order valence-electron chi connectivity index (χ3n) is 2.40. The molecule has 0 radical (unpaired) electrons. The minimum atomic E-state index is 0.699. The lowest BCUT2D eigenvalue weighted by molar-refractivity contribution is 0.965. The van der Waals surface area contributed by atoms with Crippen molar-refractivity contribution in [3.8, 4) is 0 Å². The Morgan fingerprint density at radius 1 is 1.60 bits per heavy atom. The molecular formula is C11H14N4. The summed E-state index contributed by atoms with van der Waals surface area (Å²) in [6, 6.07) is 1.94. The number of nitrogen functional groups attached to an aromatic ring is 1. The fourth-order valence-electron chi connectivity index (χ4n) is 1.64. The standard InChI is InChI=1S/C11H14N4/c1-3-5-14-11-10(12)8-7-13-6-4-9(8)15(11)2/h4-7H,3,12H2,1-2H3. The van der Waals surface area contributed by atoms with Crippen molar-refractivity contribution in [3.05, 3.63) is 18.5 Å². The highest BCUT2D eigenvalue weighted by atomic mass is 15.1. The molecule has 2 heterocycles. The van der Waals surface area contributed by atoms with Crippen LogP contribution in [0.1, 0.15) is 13.3 Å². The number of nitrogens with zero attached hydrogens (tertiary/aromatic N) is 3. The fraction of sp³-hybridized carbons (Fsp3) is 0.273. The number of fused-ring (bicyclic) bond motifs is 1. The van der Waals surface area contributed by atoms with Crippen LogP contribution < -0.4 is 5.73 Å². The van der Waals surface area contributed by atoms with E-state index in [1.807, 2.05) is 30.8 Å². The van der Waals surface area contributed by atoms with Crippen LogP contribution in [0.4, 0.5) is 11.5 Å². The highest BCUT2D eigenvalue weighted by Gasteiger charge is 2.10. The summed E-state index contributed by atoms with van der Waals surface area (Å²) in [5.41, 5.74) is 7.77. The average Bonchev–Trinajstić information content (AvgIpc) is 2.51. The molecule has 0 saturated carbocycles. The Hall–Kier alpha value is -1.84. The molecule has 0 aliphatic heterocycles. The monoisotopic (exact) mass is 202 g/mol. The summed E-state index contributed by atoms with van der Waals surface area (Å²) in [6.45, 7) is 2.05. The minimum absolute atomic E-state index is 0.699. The van der Waals surface area contributed by atoms with Crippen LogP contribution in [-0.4, -0.2) is 15.8 Å². The summed E-state index contributed by atoms with van der Waals surface area (Å²) in [6.07, 6.45) is 6.29. The molecule has 0 amide bonds. The Morgan fingerprint density at radius 2 is 2.40 bits per heavy atom. The Morgan fingerprint density at radius 3 is 3.07 bits per heavy atom. The van der Waals surface area contributed by atoms with Gasteiger partial charge in [0.2, 0.25) is 0 Å². The second kappa shape index (κ2) is 3.73. The van der Waals surface area contributed by atoms with Crippen molar-refractivity contribution in [2.24, 2.45) is 12.0 Å². The Kier molecular flexibility index (Phi) is 2.41. The zero-order chi connectivity index (χ0) is 10.8. The summed E-state index contributed by atoms with van der Waals surface area (Å²) in [7, 11) is 1.96. The zero-order valence-corrected chi connectivity index (χ0v) is 8.94. The van der Waals surface area contributed by atoms with Gasteiger partial charge in [-0.1, -0.05) is 6.92 Å². The topological polar surface area (TPSA) is 56.2 Å². The van der Waals surface area contributed by atoms with Crippen LogP contribution in [0, 0.1) is 0 Å². The number of anilines is 1. The summed E-state index contributed by atoms with van der Waals surface area (Å²) in [4.78, 5) is 8.41. The molecule has 0 aliphatic rings. The van der Waals surface area contributed by atoms with Crippen LogP contribution in [0.5, 0.6) is 0 Å². The van der Waals surface area contributed by atoms with E-state index in [9.17, 15) is 0 Å². The lowest BCUT2D eigenvalue weighted by Gasteiger charge is -1.97. The van der Waals surface area contributed by atoms with Gasteiger partial charge in [-0.2, -0.15) is 0 Å². The van der Waals surface area contributed by atoms with Gasteiger partial charge < -0.3 is 10.3 Å². The van der Waals surface area contributed by atoms with E-state index >= 15 is 0 Å². The van der Waals surface area contributed by atoms with Crippen molar-refractivity contribution in [2.75, 3.05) is 5.73 Å². The van der Waals surface area contributed by atoms with Gasteiger partial charge >= 0.3 is 0 Å². The third kappa shape index (κ3) is 1.48. The number of nitrogens with two attached hydrogens (primary N) is 1. The van der Waals surface area contributed by atoms with Crippen molar-refractivity contribution < 1.29 is 0 Å². The van der Waals surface area contributed by atoms with E-state index in [1.165, 1.54) is 0 Å². The molecule has 0 aliphatic carbocycles. The number of rotatable bonds is 2. The van der Waals surface area contributed by atoms with E-state index in [-0.39, 0.29) is 0 Å². The molecule has 0 spiro atoms. The molecule has 15 heavy (non-hydrogen) atoms. The predicted molar refractivity (Wildman–Crippen MR) is 63.6 cm³/mol. The first-order chi connectivity index (χ1) is 7.25. The van der Waals surface area contributed by atoms with Crippen molar-refractivity contribution in [1.82, 2.24) is 9.55 Å². The molecule has 78 valence electrons. The van der Waals surface area contributed by atoms with Crippen LogP contribution in [0.15, 0.2) is 23.5 Å². The van der Waals surface area contributed by atoms with Crippen LogP contribution in [0.3, 0.4) is 0 Å². The maximum absolute atomic E-state index is 6.01. The minimum Gasteiger partial charge on any atom is -0.395 e. The molecule has 0 fully saturated rings. The fourth-order valence-corrected chi connectivity index (χ4v) is 1.64. The predicted octanol–water partition coefficient (Wildman–Crippen LogP) is 2.27. The van der Waals surface area contributed by atoms with Crippen LogP contribution in [-0.2, 0) is 7.05 Å². The van der Waals surface area contributed by atoms with Crippen LogP contribution in [0.25, 0.3) is 10.9 Å². The van der Waals surface area contributed by atoms with E-state index in [0.717, 1.165) is 23.1 Å². The van der Waals surface area contributed by atoms with Gasteiger partial charge in [-0.3, -0.25) is 4.98 Å². The highest BCUT2D eigenvalue weighted by Crippen LogP contribution is 2.32. The van der Waals surface area contributed by atoms with Crippen LogP contribution >= 0.6 is 0 Å². The van der Waals surface area contributed by atoms with Gasteiger partial charge in [0.15, 0.2) is 5.82 Å². The van der Waals surface area contributed by atoms with Crippen LogP contribution in [0.2, 0.25) is 0 Å². The molecular weight excluding hydrogens is 188 g/mol. The summed E-state index contributed by atoms with van der Waals surface area (Å²) >= 11 is 0. The first kappa shape index (κ1) is 9.71. The van der Waals surface area contributed by atoms with Crippen molar-refractivity contribution >= 4 is 28.6 Å². The molecule has 4 heteroatoms. The number of aliphatic imine (C=N–C) groups is 1. The Bertz CT molecular complexity index is 472. The van der Waals surface area contributed by atoms with Gasteiger partial charge in [0.1, 0.15) is 0 Å². The van der Waals surface area contributed by atoms with E-state index in [4.69, 9.17) is 5.73 Å². The van der Waals surface area contributed by atoms with Gasteiger partial charge in [-0.15, -0.1) is 0 Å². The lowest BCUT2D eigenvalue weighted by Crippen LogP contribution is -1.88. The molecule has 0 aromatic carbocycles.